The Labute approximate surface area is 635 Å². The summed E-state index contributed by atoms with van der Waals surface area (Å²) < 4.78 is 0. The van der Waals surface area contributed by atoms with Gasteiger partial charge in [-0.2, -0.15) is 0 Å². The smallest absolute Gasteiger partial charge is 0.164 e. The molecule has 0 aliphatic heterocycles. The molecule has 0 fully saturated rings. The topological polar surface area (TPSA) is 103 Å². The highest BCUT2D eigenvalue weighted by molar-refractivity contribution is 5.98. The summed E-state index contributed by atoms with van der Waals surface area (Å²) in [6.45, 7) is 10.2. The standard InChI is InChI=1S/C101H72N8/c1-63-62-102-55-54-83(63)76-30-21-29-74(57-76)75-49-53-92-90(59-75)95-86(98-106-66(4)104-96(108-98)71-24-10-6-11-25-71)39-23-41-93(95)101(92,80-35-16-9-17-36-80)82-37-22-32-78(58-82)87-60-88-85-38-18-19-40-91(85)100(79-33-14-8-15-34-79,94(88)61-89(87)99-107-67(5)105-97(109-99)72-26-12-7-13-27-72)81-50-47-69(48-51-81)68-43-45-70(46-44-68)73-28-20-31-77(56-73)84-52-42-64(2)103-65(84)3/h6-62H,1-5H3. The van der Waals surface area contributed by atoms with Crippen LogP contribution in [0, 0.1) is 34.6 Å². The third-order valence-electron chi connectivity index (χ3n) is 22.2. The summed E-state index contributed by atoms with van der Waals surface area (Å²) >= 11 is 0. The monoisotopic (exact) mass is 1400 g/mol. The first-order chi connectivity index (χ1) is 53.5. The van der Waals surface area contributed by atoms with Crippen LogP contribution in [-0.4, -0.2) is 39.9 Å². The van der Waals surface area contributed by atoms with Crippen LogP contribution in [0.25, 0.3) is 135 Å². The summed E-state index contributed by atoms with van der Waals surface area (Å²) in [5.41, 5.74) is 32.0. The summed E-state index contributed by atoms with van der Waals surface area (Å²) in [6.07, 6.45) is 3.81. The van der Waals surface area contributed by atoms with E-state index >= 15 is 0 Å². The van der Waals surface area contributed by atoms with Gasteiger partial charge in [0.05, 0.1) is 10.8 Å². The molecule has 0 radical (unpaired) electrons. The second-order valence-corrected chi connectivity index (χ2v) is 28.7. The predicted octanol–water partition coefficient (Wildman–Crippen LogP) is 23.8. The molecule has 2 atom stereocenters. The van der Waals surface area contributed by atoms with Crippen LogP contribution in [0.2, 0.25) is 0 Å². The van der Waals surface area contributed by atoms with Crippen molar-refractivity contribution in [1.29, 1.82) is 0 Å². The zero-order valence-corrected chi connectivity index (χ0v) is 61.0. The predicted molar refractivity (Wildman–Crippen MR) is 441 cm³/mol. The van der Waals surface area contributed by atoms with E-state index in [0.29, 0.717) is 34.9 Å². The maximum atomic E-state index is 5.53. The van der Waals surface area contributed by atoms with Gasteiger partial charge in [0.2, 0.25) is 0 Å². The molecule has 516 valence electrons. The third-order valence-corrected chi connectivity index (χ3v) is 22.2. The maximum absolute atomic E-state index is 5.53. The lowest BCUT2D eigenvalue weighted by molar-refractivity contribution is 0.768. The molecule has 0 saturated carbocycles. The Hall–Kier alpha value is -13.8. The van der Waals surface area contributed by atoms with Gasteiger partial charge in [-0.1, -0.05) is 285 Å². The first-order valence-corrected chi connectivity index (χ1v) is 37.2. The molecule has 4 aromatic heterocycles. The van der Waals surface area contributed by atoms with Crippen molar-refractivity contribution in [3.63, 3.8) is 0 Å². The number of hydrogen-bond donors (Lipinski definition) is 0. The van der Waals surface area contributed by atoms with E-state index in [1.54, 1.807) is 0 Å². The van der Waals surface area contributed by atoms with Crippen LogP contribution in [0.15, 0.2) is 346 Å². The molecule has 0 amide bonds. The first-order valence-electron chi connectivity index (χ1n) is 37.2. The molecule has 0 bridgehead atoms. The highest BCUT2D eigenvalue weighted by atomic mass is 15.0. The number of hydrogen-bond acceptors (Lipinski definition) is 8. The second-order valence-electron chi connectivity index (χ2n) is 28.7. The number of fused-ring (bicyclic) bond motifs is 6. The number of aryl methyl sites for hydroxylation is 5. The normalized spacial score (nSPS) is 14.5. The Balaban J connectivity index is 0.811. The molecule has 2 unspecified atom stereocenters. The number of rotatable bonds is 14. The molecule has 109 heavy (non-hydrogen) atoms. The van der Waals surface area contributed by atoms with Gasteiger partial charge < -0.3 is 0 Å². The van der Waals surface area contributed by atoms with Crippen LogP contribution in [-0.2, 0) is 10.8 Å². The molecule has 8 nitrogen and oxygen atoms in total. The lowest BCUT2D eigenvalue weighted by Gasteiger charge is -2.35. The fraction of sp³-hybridized carbons (Fsp3) is 0.0693. The average Bonchev–Trinajstić information content (AvgIpc) is 1.54. The molecule has 0 spiro atoms. The summed E-state index contributed by atoms with van der Waals surface area (Å²) in [5, 5.41) is 0. The van der Waals surface area contributed by atoms with Crippen LogP contribution in [0.3, 0.4) is 0 Å². The van der Waals surface area contributed by atoms with Gasteiger partial charge in [0.25, 0.3) is 0 Å². The van der Waals surface area contributed by atoms with Gasteiger partial charge in [0, 0.05) is 51.6 Å². The van der Waals surface area contributed by atoms with Crippen LogP contribution < -0.4 is 0 Å². The van der Waals surface area contributed by atoms with E-state index in [0.717, 1.165) is 167 Å². The zero-order valence-electron chi connectivity index (χ0n) is 61.0. The number of pyridine rings is 2. The first kappa shape index (κ1) is 65.9. The molecular weight excluding hydrogens is 1330 g/mol. The van der Waals surface area contributed by atoms with E-state index < -0.39 is 10.8 Å². The van der Waals surface area contributed by atoms with Gasteiger partial charge in [-0.15, -0.1) is 0 Å². The van der Waals surface area contributed by atoms with Gasteiger partial charge in [-0.3, -0.25) is 9.97 Å². The Bertz CT molecular complexity index is 6400. The Morgan fingerprint density at radius 2 is 0.670 bits per heavy atom. The quantitative estimate of drug-likeness (QED) is 0.106. The van der Waals surface area contributed by atoms with Crippen LogP contribution in [0.1, 0.15) is 73.1 Å². The molecule has 0 N–H and O–H groups in total. The summed E-state index contributed by atoms with van der Waals surface area (Å²) in [5.74, 6) is 3.67. The maximum Gasteiger partial charge on any atom is 0.164 e. The van der Waals surface area contributed by atoms with Crippen molar-refractivity contribution in [3.05, 3.63) is 419 Å². The molecule has 4 heterocycles. The van der Waals surface area contributed by atoms with E-state index in [-0.39, 0.29) is 0 Å². The summed E-state index contributed by atoms with van der Waals surface area (Å²) in [6, 6.07) is 122. The van der Waals surface area contributed by atoms with Gasteiger partial charge in [0.15, 0.2) is 23.3 Å². The van der Waals surface area contributed by atoms with Crippen molar-refractivity contribution in [2.75, 3.05) is 0 Å². The van der Waals surface area contributed by atoms with Crippen molar-refractivity contribution < 1.29 is 0 Å². The highest BCUT2D eigenvalue weighted by Crippen LogP contribution is 2.61. The highest BCUT2D eigenvalue weighted by Gasteiger charge is 2.49. The lowest BCUT2D eigenvalue weighted by Crippen LogP contribution is -2.29. The molecule has 2 aliphatic carbocycles. The van der Waals surface area contributed by atoms with Crippen molar-refractivity contribution in [2.24, 2.45) is 0 Å². The Morgan fingerprint density at radius 3 is 1.30 bits per heavy atom. The van der Waals surface area contributed by atoms with E-state index in [1.807, 2.05) is 69.6 Å². The fourth-order valence-electron chi connectivity index (χ4n) is 17.3. The molecule has 2 aliphatic rings. The Kier molecular flexibility index (Phi) is 16.3. The molecule has 8 heteroatoms. The third kappa shape index (κ3) is 11.3. The van der Waals surface area contributed by atoms with Crippen LogP contribution >= 0.6 is 0 Å². The van der Waals surface area contributed by atoms with Crippen molar-refractivity contribution in [3.8, 4) is 135 Å². The summed E-state index contributed by atoms with van der Waals surface area (Å²) in [4.78, 5) is 40.7. The molecule has 13 aromatic carbocycles. The average molecular weight is 1400 g/mol. The van der Waals surface area contributed by atoms with Gasteiger partial charge in [-0.25, -0.2) is 29.9 Å². The van der Waals surface area contributed by atoms with E-state index in [4.69, 9.17) is 34.9 Å². The molecule has 19 rings (SSSR count). The lowest BCUT2D eigenvalue weighted by atomic mass is 9.66. The molecular formula is C101H72N8. The van der Waals surface area contributed by atoms with E-state index in [2.05, 4.69) is 316 Å². The van der Waals surface area contributed by atoms with Crippen LogP contribution in [0.5, 0.6) is 0 Å². The molecule has 0 saturated heterocycles. The zero-order chi connectivity index (χ0) is 73.3. The number of nitrogens with zero attached hydrogens (tertiary/aromatic N) is 8. The largest absolute Gasteiger partial charge is 0.264 e. The number of benzene rings is 13. The minimum atomic E-state index is -0.883. The van der Waals surface area contributed by atoms with Crippen molar-refractivity contribution in [1.82, 2.24) is 39.9 Å². The Morgan fingerprint density at radius 1 is 0.220 bits per heavy atom. The second kappa shape index (κ2) is 27.0. The number of aromatic nitrogens is 8. The van der Waals surface area contributed by atoms with Crippen LogP contribution in [0.4, 0.5) is 0 Å². The van der Waals surface area contributed by atoms with Crippen molar-refractivity contribution in [2.45, 2.75) is 45.4 Å². The van der Waals surface area contributed by atoms with E-state index in [1.165, 1.54) is 5.56 Å². The van der Waals surface area contributed by atoms with E-state index in [9.17, 15) is 0 Å². The van der Waals surface area contributed by atoms with Gasteiger partial charge >= 0.3 is 0 Å². The van der Waals surface area contributed by atoms with Gasteiger partial charge in [0.1, 0.15) is 11.6 Å². The van der Waals surface area contributed by atoms with Gasteiger partial charge in [-0.05, 0) is 217 Å². The minimum Gasteiger partial charge on any atom is -0.264 e. The molecule has 17 aromatic rings. The summed E-state index contributed by atoms with van der Waals surface area (Å²) in [7, 11) is 0. The SMILES string of the molecule is Cc1ccc(-c2cccc(-c3ccc(-c4ccc(C5(c6ccccc6)c6ccccc6-c6cc(-c7cccc(C8(c9ccccc9)c9ccc(-c%10cccc(-c%11ccncc%11C)c%10)cc9-c9c(-c%10nc(C)nc(-c%11ccccc%11)n%10)cccc98)c7)c(-c7nc(C)nc(-c8ccccc8)n7)cc65)cc4)cc3)c2)c(C)n1. The minimum absolute atomic E-state index is 0.581. The fourth-order valence-corrected chi connectivity index (χ4v) is 17.3. The van der Waals surface area contributed by atoms with Crippen molar-refractivity contribution >= 4 is 0 Å².